The lowest BCUT2D eigenvalue weighted by molar-refractivity contribution is 0.356. The summed E-state index contributed by atoms with van der Waals surface area (Å²) in [5.74, 6) is 1.71. The molecule has 1 unspecified atom stereocenters. The molecule has 1 aliphatic rings. The molecule has 0 saturated carbocycles. The number of methoxy groups -OCH3 is 2. The van der Waals surface area contributed by atoms with E-state index in [9.17, 15) is 5.11 Å². The molecule has 0 spiro atoms. The first-order valence-electron chi connectivity index (χ1n) is 9.23. The Labute approximate surface area is 153 Å². The van der Waals surface area contributed by atoms with Crippen LogP contribution in [0.15, 0.2) is 36.4 Å². The first-order chi connectivity index (χ1) is 12.7. The molecule has 3 aromatic rings. The first kappa shape index (κ1) is 17.0. The second-order valence-electron chi connectivity index (χ2n) is 7.04. The van der Waals surface area contributed by atoms with Crippen LogP contribution in [0.2, 0.25) is 0 Å². The number of phenolic OH excluding ortho intramolecular Hbond substituents is 1. The van der Waals surface area contributed by atoms with Gasteiger partial charge in [0, 0.05) is 6.04 Å². The van der Waals surface area contributed by atoms with Gasteiger partial charge in [0.1, 0.15) is 5.75 Å². The van der Waals surface area contributed by atoms with Gasteiger partial charge in [-0.15, -0.1) is 0 Å². The van der Waals surface area contributed by atoms with E-state index in [4.69, 9.17) is 9.47 Å². The first-order valence-corrected chi connectivity index (χ1v) is 9.23. The van der Waals surface area contributed by atoms with Crippen molar-refractivity contribution in [3.05, 3.63) is 42.0 Å². The van der Waals surface area contributed by atoms with E-state index in [0.29, 0.717) is 11.8 Å². The quantitative estimate of drug-likeness (QED) is 0.684. The second-order valence-corrected chi connectivity index (χ2v) is 7.04. The third kappa shape index (κ3) is 3.06. The fourth-order valence-electron chi connectivity index (χ4n) is 4.07. The van der Waals surface area contributed by atoms with Gasteiger partial charge in [0.25, 0.3) is 0 Å². The van der Waals surface area contributed by atoms with E-state index in [-0.39, 0.29) is 5.75 Å². The van der Waals surface area contributed by atoms with E-state index in [1.165, 1.54) is 24.8 Å². The summed E-state index contributed by atoms with van der Waals surface area (Å²) in [7, 11) is 3.32. The molecule has 1 fully saturated rings. The van der Waals surface area contributed by atoms with Gasteiger partial charge in [-0.1, -0.05) is 18.6 Å². The van der Waals surface area contributed by atoms with E-state index in [0.717, 1.165) is 40.3 Å². The Balaban J connectivity index is 1.94. The third-order valence-corrected chi connectivity index (χ3v) is 5.41. The average molecular weight is 351 g/mol. The minimum absolute atomic E-state index is 0.273. The van der Waals surface area contributed by atoms with Crippen molar-refractivity contribution >= 4 is 21.5 Å². The maximum atomic E-state index is 9.98. The normalized spacial score (nSPS) is 17.5. The molecule has 26 heavy (non-hydrogen) atoms. The fourth-order valence-corrected chi connectivity index (χ4v) is 4.07. The summed E-state index contributed by atoms with van der Waals surface area (Å²) in [5, 5.41) is 18.0. The van der Waals surface area contributed by atoms with Crippen LogP contribution >= 0.6 is 0 Å². The summed E-state index contributed by atoms with van der Waals surface area (Å²) < 4.78 is 11.0. The van der Waals surface area contributed by atoms with Crippen LogP contribution in [0.1, 0.15) is 24.8 Å². The number of nitrogens with one attached hydrogen (secondary N) is 1. The van der Waals surface area contributed by atoms with Gasteiger partial charge in [0.15, 0.2) is 11.5 Å². The van der Waals surface area contributed by atoms with Crippen molar-refractivity contribution in [2.24, 2.45) is 0 Å². The molecule has 0 aliphatic carbocycles. The zero-order valence-corrected chi connectivity index (χ0v) is 15.3. The number of aromatic hydroxyl groups is 1. The molecule has 4 rings (SSSR count). The topological polar surface area (TPSA) is 50.7 Å². The van der Waals surface area contributed by atoms with Gasteiger partial charge in [-0.05, 0) is 77.2 Å². The van der Waals surface area contributed by atoms with Crippen LogP contribution in [0.3, 0.4) is 0 Å². The van der Waals surface area contributed by atoms with Crippen molar-refractivity contribution in [3.8, 4) is 17.2 Å². The van der Waals surface area contributed by atoms with E-state index < -0.39 is 0 Å². The number of rotatable bonds is 4. The van der Waals surface area contributed by atoms with Gasteiger partial charge in [-0.3, -0.25) is 0 Å². The Hall–Kier alpha value is -2.46. The minimum Gasteiger partial charge on any atom is -0.508 e. The van der Waals surface area contributed by atoms with Crippen molar-refractivity contribution in [1.82, 2.24) is 5.32 Å². The average Bonchev–Trinajstić information content (AvgIpc) is 2.68. The lowest BCUT2D eigenvalue weighted by Crippen LogP contribution is -2.35. The van der Waals surface area contributed by atoms with Crippen LogP contribution in [-0.4, -0.2) is 31.9 Å². The highest BCUT2D eigenvalue weighted by Crippen LogP contribution is 2.39. The maximum Gasteiger partial charge on any atom is 0.161 e. The van der Waals surface area contributed by atoms with Crippen molar-refractivity contribution in [2.45, 2.75) is 31.7 Å². The van der Waals surface area contributed by atoms with Crippen LogP contribution in [-0.2, 0) is 6.42 Å². The van der Waals surface area contributed by atoms with Crippen molar-refractivity contribution in [3.63, 3.8) is 0 Å². The Bertz CT molecular complexity index is 945. The fraction of sp³-hybridized carbons (Fsp3) is 0.364. The molecule has 1 heterocycles. The summed E-state index contributed by atoms with van der Waals surface area (Å²) >= 11 is 0. The van der Waals surface area contributed by atoms with Crippen LogP contribution in [0, 0.1) is 0 Å². The molecular formula is C22H25NO3. The lowest BCUT2D eigenvalue weighted by atomic mass is 9.91. The third-order valence-electron chi connectivity index (χ3n) is 5.41. The SMILES string of the molecule is COc1cc2c(CC3CCCCN3)cc3ccc(O)cc3c2cc1OC. The number of hydrogen-bond acceptors (Lipinski definition) is 4. The number of benzene rings is 3. The van der Waals surface area contributed by atoms with Gasteiger partial charge in [-0.25, -0.2) is 0 Å². The zero-order valence-electron chi connectivity index (χ0n) is 15.3. The van der Waals surface area contributed by atoms with E-state index in [2.05, 4.69) is 17.4 Å². The van der Waals surface area contributed by atoms with Gasteiger partial charge in [-0.2, -0.15) is 0 Å². The summed E-state index contributed by atoms with van der Waals surface area (Å²) in [6.45, 7) is 1.10. The van der Waals surface area contributed by atoms with Crippen LogP contribution in [0.5, 0.6) is 17.2 Å². The predicted octanol–water partition coefficient (Wildman–Crippen LogP) is 4.40. The van der Waals surface area contributed by atoms with E-state index >= 15 is 0 Å². The summed E-state index contributed by atoms with van der Waals surface area (Å²) in [5.41, 5.74) is 1.30. The number of ether oxygens (including phenoxy) is 2. The number of hydrogen-bond donors (Lipinski definition) is 2. The van der Waals surface area contributed by atoms with Crippen molar-refractivity contribution in [2.75, 3.05) is 20.8 Å². The van der Waals surface area contributed by atoms with Crippen molar-refractivity contribution in [1.29, 1.82) is 0 Å². The number of phenols is 1. The smallest absolute Gasteiger partial charge is 0.161 e. The Morgan fingerprint density at radius 1 is 0.962 bits per heavy atom. The zero-order chi connectivity index (χ0) is 18.1. The van der Waals surface area contributed by atoms with Gasteiger partial charge >= 0.3 is 0 Å². The molecule has 0 amide bonds. The highest BCUT2D eigenvalue weighted by Gasteiger charge is 2.17. The standard InChI is InChI=1S/C22H25NO3/c1-25-21-12-19-15(10-16-5-3-4-8-23-16)9-14-6-7-17(24)11-18(14)20(19)13-22(21)26-2/h6-7,9,11-13,16,23-24H,3-5,8,10H2,1-2H3. The molecule has 1 atom stereocenters. The molecule has 3 aromatic carbocycles. The Morgan fingerprint density at radius 2 is 1.73 bits per heavy atom. The molecule has 2 N–H and O–H groups in total. The molecule has 4 heteroatoms. The summed E-state index contributed by atoms with van der Waals surface area (Å²) in [4.78, 5) is 0. The largest absolute Gasteiger partial charge is 0.508 e. The Morgan fingerprint density at radius 3 is 2.42 bits per heavy atom. The van der Waals surface area contributed by atoms with Crippen LogP contribution in [0.4, 0.5) is 0 Å². The number of fused-ring (bicyclic) bond motifs is 3. The molecular weight excluding hydrogens is 326 g/mol. The monoisotopic (exact) mass is 351 g/mol. The highest BCUT2D eigenvalue weighted by molar-refractivity contribution is 6.10. The van der Waals surface area contributed by atoms with Crippen LogP contribution < -0.4 is 14.8 Å². The van der Waals surface area contributed by atoms with E-state index in [1.54, 1.807) is 20.3 Å². The van der Waals surface area contributed by atoms with Gasteiger partial charge in [0.05, 0.1) is 14.2 Å². The highest BCUT2D eigenvalue weighted by atomic mass is 16.5. The number of piperidine rings is 1. The molecule has 1 aliphatic heterocycles. The molecule has 0 aromatic heterocycles. The summed E-state index contributed by atoms with van der Waals surface area (Å²) in [6, 6.07) is 12.4. The summed E-state index contributed by atoms with van der Waals surface area (Å²) in [6.07, 6.45) is 4.75. The predicted molar refractivity (Wildman–Crippen MR) is 106 cm³/mol. The minimum atomic E-state index is 0.273. The molecule has 1 saturated heterocycles. The van der Waals surface area contributed by atoms with Gasteiger partial charge in [0.2, 0.25) is 0 Å². The molecule has 0 radical (unpaired) electrons. The maximum absolute atomic E-state index is 9.98. The molecule has 0 bridgehead atoms. The second kappa shape index (κ2) is 7.04. The van der Waals surface area contributed by atoms with Crippen LogP contribution in [0.25, 0.3) is 21.5 Å². The lowest BCUT2D eigenvalue weighted by Gasteiger charge is -2.24. The molecule has 136 valence electrons. The molecule has 4 nitrogen and oxygen atoms in total. The van der Waals surface area contributed by atoms with Gasteiger partial charge < -0.3 is 19.9 Å². The van der Waals surface area contributed by atoms with E-state index in [1.807, 2.05) is 18.2 Å². The van der Waals surface area contributed by atoms with Crippen molar-refractivity contribution < 1.29 is 14.6 Å². The Kier molecular flexibility index (Phi) is 4.60.